The molecule has 2 rings (SSSR count). The van der Waals surface area contributed by atoms with Crippen LogP contribution >= 0.6 is 0 Å². The molecule has 0 aliphatic carbocycles. The molecule has 1 amide bonds. The molecule has 5 heteroatoms. The van der Waals surface area contributed by atoms with E-state index in [1.807, 2.05) is 50.2 Å². The van der Waals surface area contributed by atoms with Gasteiger partial charge in [0.1, 0.15) is 23.1 Å². The molecule has 0 saturated carbocycles. The van der Waals surface area contributed by atoms with Crippen molar-refractivity contribution in [2.75, 3.05) is 11.9 Å². The molecule has 5 nitrogen and oxygen atoms in total. The minimum atomic E-state index is -0.449. The maximum absolute atomic E-state index is 12.1. The second-order valence-electron chi connectivity index (χ2n) is 5.87. The van der Waals surface area contributed by atoms with Crippen molar-refractivity contribution in [1.29, 1.82) is 5.26 Å². The minimum absolute atomic E-state index is 0.0327. The first-order chi connectivity index (χ1) is 12.1. The fourth-order valence-electron chi connectivity index (χ4n) is 1.97. The molecule has 0 unspecified atom stereocenters. The van der Waals surface area contributed by atoms with Crippen molar-refractivity contribution in [3.8, 4) is 17.6 Å². The number of nitriles is 1. The lowest BCUT2D eigenvalue weighted by molar-refractivity contribution is -0.112. The van der Waals surface area contributed by atoms with Gasteiger partial charge in [0.05, 0.1) is 0 Å². The first-order valence-electron chi connectivity index (χ1n) is 8.06. The molecule has 2 N–H and O–H groups in total. The first kappa shape index (κ1) is 18.1. The number of rotatable bonds is 7. The number of para-hydroxylation sites is 1. The van der Waals surface area contributed by atoms with Gasteiger partial charge in [-0.3, -0.25) is 4.79 Å². The van der Waals surface area contributed by atoms with E-state index in [-0.39, 0.29) is 5.57 Å². The third-order valence-corrected chi connectivity index (χ3v) is 3.23. The van der Waals surface area contributed by atoms with E-state index >= 15 is 0 Å². The highest BCUT2D eigenvalue weighted by Crippen LogP contribution is 2.22. The third kappa shape index (κ3) is 6.04. The number of carbonyl (C=O) groups is 1. The highest BCUT2D eigenvalue weighted by atomic mass is 16.5. The lowest BCUT2D eigenvalue weighted by Gasteiger charge is -2.08. The molecule has 0 spiro atoms. The number of amides is 1. The Hall–Kier alpha value is -3.26. The van der Waals surface area contributed by atoms with E-state index in [1.165, 1.54) is 6.20 Å². The Labute approximate surface area is 147 Å². The van der Waals surface area contributed by atoms with Crippen LogP contribution in [0.3, 0.4) is 0 Å². The monoisotopic (exact) mass is 335 g/mol. The lowest BCUT2D eigenvalue weighted by atomic mass is 10.2. The van der Waals surface area contributed by atoms with Crippen LogP contribution in [-0.4, -0.2) is 12.5 Å². The van der Waals surface area contributed by atoms with Gasteiger partial charge in [0, 0.05) is 18.4 Å². The zero-order chi connectivity index (χ0) is 18.1. The van der Waals surface area contributed by atoms with Gasteiger partial charge in [-0.15, -0.1) is 0 Å². The van der Waals surface area contributed by atoms with Crippen LogP contribution in [0.1, 0.15) is 13.8 Å². The molecule has 0 atom stereocenters. The quantitative estimate of drug-likeness (QED) is 0.591. The molecule has 0 radical (unpaired) electrons. The van der Waals surface area contributed by atoms with Gasteiger partial charge in [-0.1, -0.05) is 32.0 Å². The molecular weight excluding hydrogens is 314 g/mol. The summed E-state index contributed by atoms with van der Waals surface area (Å²) in [4.78, 5) is 12.1. The molecule has 0 heterocycles. The van der Waals surface area contributed by atoms with E-state index in [0.29, 0.717) is 23.9 Å². The molecule has 25 heavy (non-hydrogen) atoms. The van der Waals surface area contributed by atoms with Crippen LogP contribution in [-0.2, 0) is 4.79 Å². The molecule has 0 saturated heterocycles. The second kappa shape index (κ2) is 9.14. The van der Waals surface area contributed by atoms with E-state index in [9.17, 15) is 4.79 Å². The minimum Gasteiger partial charge on any atom is -0.457 e. The number of nitrogens with zero attached hydrogens (tertiary/aromatic N) is 1. The van der Waals surface area contributed by atoms with Gasteiger partial charge in [-0.2, -0.15) is 5.26 Å². The Balaban J connectivity index is 1.95. The van der Waals surface area contributed by atoms with Gasteiger partial charge >= 0.3 is 0 Å². The maximum atomic E-state index is 12.1. The summed E-state index contributed by atoms with van der Waals surface area (Å²) in [5.74, 6) is 1.39. The Morgan fingerprint density at radius 2 is 1.76 bits per heavy atom. The summed E-state index contributed by atoms with van der Waals surface area (Å²) in [7, 11) is 0. The fourth-order valence-corrected chi connectivity index (χ4v) is 1.97. The van der Waals surface area contributed by atoms with Crippen molar-refractivity contribution in [3.05, 3.63) is 66.4 Å². The Bertz CT molecular complexity index is 760. The van der Waals surface area contributed by atoms with Gasteiger partial charge in [-0.25, -0.2) is 0 Å². The molecule has 128 valence electrons. The second-order valence-corrected chi connectivity index (χ2v) is 5.87. The Morgan fingerprint density at radius 1 is 1.12 bits per heavy atom. The molecule has 0 bridgehead atoms. The van der Waals surface area contributed by atoms with Gasteiger partial charge in [0.25, 0.3) is 5.91 Å². The number of hydrogen-bond donors (Lipinski definition) is 2. The van der Waals surface area contributed by atoms with Crippen molar-refractivity contribution in [3.63, 3.8) is 0 Å². The average molecular weight is 335 g/mol. The molecular formula is C20H21N3O2. The largest absolute Gasteiger partial charge is 0.457 e. The first-order valence-corrected chi connectivity index (χ1v) is 8.06. The van der Waals surface area contributed by atoms with E-state index < -0.39 is 5.91 Å². The summed E-state index contributed by atoms with van der Waals surface area (Å²) >= 11 is 0. The molecule has 0 aliphatic rings. The summed E-state index contributed by atoms with van der Waals surface area (Å²) in [5, 5.41) is 14.8. The molecule has 0 fully saturated rings. The summed E-state index contributed by atoms with van der Waals surface area (Å²) in [5.41, 5.74) is 0.626. The highest BCUT2D eigenvalue weighted by molar-refractivity contribution is 6.06. The predicted molar refractivity (Wildman–Crippen MR) is 98.1 cm³/mol. The van der Waals surface area contributed by atoms with E-state index in [2.05, 4.69) is 10.6 Å². The van der Waals surface area contributed by atoms with Crippen LogP contribution in [0.2, 0.25) is 0 Å². The number of ether oxygens (including phenoxy) is 1. The van der Waals surface area contributed by atoms with Gasteiger partial charge < -0.3 is 15.4 Å². The zero-order valence-electron chi connectivity index (χ0n) is 14.3. The maximum Gasteiger partial charge on any atom is 0.267 e. The standard InChI is InChI=1S/C20H21N3O2/c1-15(2)13-22-14-16(12-21)20(24)23-17-8-10-19(11-9-17)25-18-6-4-3-5-7-18/h3-11,14-15,22H,13H2,1-2H3,(H,23,24)/b16-14-. The number of anilines is 1. The summed E-state index contributed by atoms with van der Waals surface area (Å²) in [6, 6.07) is 18.3. The van der Waals surface area contributed by atoms with E-state index in [1.54, 1.807) is 24.3 Å². The fraction of sp³-hybridized carbons (Fsp3) is 0.200. The van der Waals surface area contributed by atoms with Crippen molar-refractivity contribution >= 4 is 11.6 Å². The summed E-state index contributed by atoms with van der Waals surface area (Å²) in [6.45, 7) is 4.79. The van der Waals surface area contributed by atoms with Crippen molar-refractivity contribution in [1.82, 2.24) is 5.32 Å². The van der Waals surface area contributed by atoms with E-state index in [0.717, 1.165) is 5.75 Å². The topological polar surface area (TPSA) is 74.2 Å². The Morgan fingerprint density at radius 3 is 2.36 bits per heavy atom. The number of benzene rings is 2. The van der Waals surface area contributed by atoms with Gasteiger partial charge in [0.2, 0.25) is 0 Å². The van der Waals surface area contributed by atoms with Crippen LogP contribution in [0.15, 0.2) is 66.4 Å². The summed E-state index contributed by atoms with van der Waals surface area (Å²) < 4.78 is 5.70. The lowest BCUT2D eigenvalue weighted by Crippen LogP contribution is -2.19. The number of carbonyl (C=O) groups excluding carboxylic acids is 1. The summed E-state index contributed by atoms with van der Waals surface area (Å²) in [6.07, 6.45) is 1.45. The van der Waals surface area contributed by atoms with Crippen LogP contribution < -0.4 is 15.4 Å². The molecule has 0 aromatic heterocycles. The SMILES string of the molecule is CC(C)CN/C=C(/C#N)C(=O)Nc1ccc(Oc2ccccc2)cc1. The molecule has 0 aliphatic heterocycles. The van der Waals surface area contributed by atoms with Crippen molar-refractivity contribution in [2.24, 2.45) is 5.92 Å². The number of nitrogens with one attached hydrogen (secondary N) is 2. The van der Waals surface area contributed by atoms with Gasteiger partial charge in [-0.05, 0) is 42.3 Å². The molecule has 2 aromatic carbocycles. The zero-order valence-corrected chi connectivity index (χ0v) is 14.3. The Kier molecular flexibility index (Phi) is 6.61. The van der Waals surface area contributed by atoms with Crippen LogP contribution in [0, 0.1) is 17.2 Å². The molecule has 2 aromatic rings. The number of hydrogen-bond acceptors (Lipinski definition) is 4. The highest BCUT2D eigenvalue weighted by Gasteiger charge is 2.09. The van der Waals surface area contributed by atoms with Gasteiger partial charge in [0.15, 0.2) is 0 Å². The smallest absolute Gasteiger partial charge is 0.267 e. The van der Waals surface area contributed by atoms with Crippen molar-refractivity contribution < 1.29 is 9.53 Å². The average Bonchev–Trinajstić information content (AvgIpc) is 2.61. The van der Waals surface area contributed by atoms with Crippen LogP contribution in [0.4, 0.5) is 5.69 Å². The van der Waals surface area contributed by atoms with Crippen LogP contribution in [0.5, 0.6) is 11.5 Å². The predicted octanol–water partition coefficient (Wildman–Crippen LogP) is 4.07. The van der Waals surface area contributed by atoms with Crippen molar-refractivity contribution in [2.45, 2.75) is 13.8 Å². The van der Waals surface area contributed by atoms with Crippen LogP contribution in [0.25, 0.3) is 0 Å². The van der Waals surface area contributed by atoms with E-state index in [4.69, 9.17) is 10.00 Å². The third-order valence-electron chi connectivity index (χ3n) is 3.23. The normalized spacial score (nSPS) is 10.9.